The second-order valence-electron chi connectivity index (χ2n) is 6.45. The number of nitrogens with zero attached hydrogens (tertiary/aromatic N) is 1. The number of rotatable bonds is 6. The van der Waals surface area contributed by atoms with Gasteiger partial charge in [0.25, 0.3) is 11.8 Å². The summed E-state index contributed by atoms with van der Waals surface area (Å²) in [4.78, 5) is 49.3. The minimum absolute atomic E-state index is 0.176. The average Bonchev–Trinajstić information content (AvgIpc) is 2.71. The van der Waals surface area contributed by atoms with Crippen LogP contribution in [-0.2, 0) is 14.4 Å². The number of hydrogen-bond donors (Lipinski definition) is 2. The van der Waals surface area contributed by atoms with Gasteiger partial charge in [0.15, 0.2) is 17.6 Å². The van der Waals surface area contributed by atoms with Gasteiger partial charge >= 0.3 is 12.0 Å². The van der Waals surface area contributed by atoms with Gasteiger partial charge in [0.2, 0.25) is 0 Å². The summed E-state index contributed by atoms with van der Waals surface area (Å²) in [6, 6.07) is 9.63. The zero-order chi connectivity index (χ0) is 22.7. The summed E-state index contributed by atoms with van der Waals surface area (Å²) in [5.74, 6) is -2.45. The monoisotopic (exact) mass is 444 g/mol. The van der Waals surface area contributed by atoms with E-state index in [0.29, 0.717) is 10.6 Å². The van der Waals surface area contributed by atoms with Crippen molar-refractivity contribution in [1.82, 2.24) is 5.32 Å². The number of carboxylic acid groups (broad SMARTS) is 1. The zero-order valence-corrected chi connectivity index (χ0v) is 17.2. The quantitative estimate of drug-likeness (QED) is 0.518. The van der Waals surface area contributed by atoms with Gasteiger partial charge in [-0.25, -0.2) is 14.5 Å². The van der Waals surface area contributed by atoms with Crippen LogP contribution >= 0.6 is 11.6 Å². The van der Waals surface area contributed by atoms with Gasteiger partial charge in [-0.15, -0.1) is 0 Å². The van der Waals surface area contributed by atoms with Crippen LogP contribution in [-0.4, -0.2) is 42.1 Å². The van der Waals surface area contributed by atoms with Crippen LogP contribution in [0.15, 0.2) is 48.0 Å². The fourth-order valence-corrected chi connectivity index (χ4v) is 2.97. The molecule has 0 spiro atoms. The molecule has 0 saturated carbocycles. The number of carbonyl (C=O) groups is 4. The summed E-state index contributed by atoms with van der Waals surface area (Å²) >= 11 is 5.94. The van der Waals surface area contributed by atoms with Crippen LogP contribution in [0.2, 0.25) is 5.02 Å². The highest BCUT2D eigenvalue weighted by molar-refractivity contribution is 6.39. The number of amides is 4. The van der Waals surface area contributed by atoms with Crippen molar-refractivity contribution < 1.29 is 33.8 Å². The predicted octanol–water partition coefficient (Wildman–Crippen LogP) is 2.87. The molecule has 2 N–H and O–H groups in total. The van der Waals surface area contributed by atoms with Crippen LogP contribution in [0.1, 0.15) is 12.5 Å². The Bertz CT molecular complexity index is 1110. The minimum Gasteiger partial charge on any atom is -0.493 e. The second kappa shape index (κ2) is 8.88. The van der Waals surface area contributed by atoms with Crippen LogP contribution in [0.4, 0.5) is 10.5 Å². The number of methoxy groups -OCH3 is 1. The molecular weight excluding hydrogens is 428 g/mol. The lowest BCUT2D eigenvalue weighted by Gasteiger charge is -2.26. The van der Waals surface area contributed by atoms with E-state index in [2.05, 4.69) is 5.32 Å². The number of anilines is 1. The van der Waals surface area contributed by atoms with E-state index in [1.54, 1.807) is 12.1 Å². The first kappa shape index (κ1) is 21.8. The van der Waals surface area contributed by atoms with Gasteiger partial charge < -0.3 is 14.6 Å². The van der Waals surface area contributed by atoms with E-state index in [0.717, 1.165) is 4.90 Å². The molecule has 1 heterocycles. The SMILES string of the molecule is COc1cc(/C=C2\C(=O)NC(=O)N(c3cccc(Cl)c3)C2=O)ccc1O[C@@H](C)C(=O)O. The molecule has 10 heteroatoms. The highest BCUT2D eigenvalue weighted by Gasteiger charge is 2.36. The Kier molecular flexibility index (Phi) is 6.26. The van der Waals surface area contributed by atoms with Gasteiger partial charge in [0.05, 0.1) is 12.8 Å². The van der Waals surface area contributed by atoms with Gasteiger partial charge in [0.1, 0.15) is 5.57 Å². The van der Waals surface area contributed by atoms with Crippen molar-refractivity contribution in [3.63, 3.8) is 0 Å². The molecule has 0 aromatic heterocycles. The zero-order valence-electron chi connectivity index (χ0n) is 16.4. The number of carbonyl (C=O) groups excluding carboxylic acids is 3. The standard InChI is InChI=1S/C21H17ClN2O7/c1-11(20(27)28)31-16-7-6-12(9-17(16)30-2)8-15-18(25)23-21(29)24(19(15)26)14-5-3-4-13(22)10-14/h3-11H,1-2H3,(H,27,28)(H,23,25,29)/b15-8+/t11-/m0/s1. The maximum atomic E-state index is 12.9. The highest BCUT2D eigenvalue weighted by Crippen LogP contribution is 2.31. The van der Waals surface area contributed by atoms with Gasteiger partial charge in [-0.05, 0) is 48.9 Å². The molecule has 2 aromatic carbocycles. The van der Waals surface area contributed by atoms with E-state index in [1.165, 1.54) is 50.4 Å². The third-order valence-electron chi connectivity index (χ3n) is 4.32. The molecule has 0 radical (unpaired) electrons. The third kappa shape index (κ3) is 4.67. The summed E-state index contributed by atoms with van der Waals surface area (Å²) in [6.07, 6.45) is 0.176. The van der Waals surface area contributed by atoms with E-state index in [9.17, 15) is 19.2 Å². The first-order valence-corrected chi connectivity index (χ1v) is 9.33. The molecule has 0 bridgehead atoms. The summed E-state index contributed by atoms with van der Waals surface area (Å²) in [6.45, 7) is 1.37. The molecule has 0 aliphatic carbocycles. The molecule has 160 valence electrons. The summed E-state index contributed by atoms with van der Waals surface area (Å²) < 4.78 is 10.5. The largest absolute Gasteiger partial charge is 0.493 e. The fraction of sp³-hybridized carbons (Fsp3) is 0.143. The normalized spacial score (nSPS) is 16.2. The lowest BCUT2D eigenvalue weighted by molar-refractivity contribution is -0.144. The van der Waals surface area contributed by atoms with E-state index in [-0.39, 0.29) is 22.8 Å². The number of aliphatic carboxylic acids is 1. The lowest BCUT2D eigenvalue weighted by atomic mass is 10.1. The first-order chi connectivity index (χ1) is 14.7. The molecule has 1 aliphatic heterocycles. The molecule has 1 fully saturated rings. The van der Waals surface area contributed by atoms with Gasteiger partial charge in [0, 0.05) is 5.02 Å². The van der Waals surface area contributed by atoms with Crippen molar-refractivity contribution >= 4 is 47.2 Å². The molecule has 1 aliphatic rings. The Morgan fingerprint density at radius 1 is 1.16 bits per heavy atom. The molecule has 9 nitrogen and oxygen atoms in total. The molecular formula is C21H17ClN2O7. The van der Waals surface area contributed by atoms with E-state index < -0.39 is 29.9 Å². The summed E-state index contributed by atoms with van der Waals surface area (Å²) in [7, 11) is 1.36. The van der Waals surface area contributed by atoms with Crippen molar-refractivity contribution in [2.45, 2.75) is 13.0 Å². The van der Waals surface area contributed by atoms with E-state index in [1.807, 2.05) is 0 Å². The molecule has 1 saturated heterocycles. The average molecular weight is 445 g/mol. The summed E-state index contributed by atoms with van der Waals surface area (Å²) in [5, 5.41) is 11.4. The minimum atomic E-state index is -1.15. The Balaban J connectivity index is 1.96. The fourth-order valence-electron chi connectivity index (χ4n) is 2.79. The molecule has 31 heavy (non-hydrogen) atoms. The van der Waals surface area contributed by atoms with Crippen LogP contribution in [0.25, 0.3) is 6.08 Å². The Hall–Kier alpha value is -3.85. The van der Waals surface area contributed by atoms with Crippen LogP contribution < -0.4 is 19.7 Å². The van der Waals surface area contributed by atoms with Gasteiger partial charge in [-0.1, -0.05) is 23.7 Å². The Morgan fingerprint density at radius 2 is 1.90 bits per heavy atom. The number of benzene rings is 2. The number of barbiturate groups is 1. The molecule has 4 amide bonds. The highest BCUT2D eigenvalue weighted by atomic mass is 35.5. The lowest BCUT2D eigenvalue weighted by Crippen LogP contribution is -2.54. The van der Waals surface area contributed by atoms with Crippen molar-refractivity contribution in [2.75, 3.05) is 12.0 Å². The molecule has 2 aromatic rings. The van der Waals surface area contributed by atoms with Crippen LogP contribution in [0, 0.1) is 0 Å². The topological polar surface area (TPSA) is 122 Å². The van der Waals surface area contributed by atoms with Crippen LogP contribution in [0.5, 0.6) is 11.5 Å². The van der Waals surface area contributed by atoms with Gasteiger partial charge in [-0.2, -0.15) is 0 Å². The number of imide groups is 2. The first-order valence-electron chi connectivity index (χ1n) is 8.95. The van der Waals surface area contributed by atoms with E-state index >= 15 is 0 Å². The maximum Gasteiger partial charge on any atom is 0.344 e. The molecule has 0 unspecified atom stereocenters. The summed E-state index contributed by atoms with van der Waals surface area (Å²) in [5.41, 5.74) is 0.317. The predicted molar refractivity (Wildman–Crippen MR) is 111 cm³/mol. The Labute approximate surface area is 181 Å². The second-order valence-corrected chi connectivity index (χ2v) is 6.88. The van der Waals surface area contributed by atoms with Crippen molar-refractivity contribution in [3.8, 4) is 11.5 Å². The van der Waals surface area contributed by atoms with Crippen molar-refractivity contribution in [1.29, 1.82) is 0 Å². The number of halogens is 1. The van der Waals surface area contributed by atoms with Crippen molar-refractivity contribution in [2.24, 2.45) is 0 Å². The number of ether oxygens (including phenoxy) is 2. The van der Waals surface area contributed by atoms with E-state index in [4.69, 9.17) is 26.2 Å². The number of nitrogens with one attached hydrogen (secondary N) is 1. The number of carboxylic acids is 1. The Morgan fingerprint density at radius 3 is 2.55 bits per heavy atom. The van der Waals surface area contributed by atoms with Crippen molar-refractivity contribution in [3.05, 3.63) is 58.6 Å². The third-order valence-corrected chi connectivity index (χ3v) is 4.55. The number of hydrogen-bond acceptors (Lipinski definition) is 6. The smallest absolute Gasteiger partial charge is 0.344 e. The molecule has 3 rings (SSSR count). The maximum absolute atomic E-state index is 12.9. The number of urea groups is 1. The van der Waals surface area contributed by atoms with Crippen LogP contribution in [0.3, 0.4) is 0 Å². The van der Waals surface area contributed by atoms with Gasteiger partial charge in [-0.3, -0.25) is 14.9 Å². The molecule has 1 atom stereocenters.